The van der Waals surface area contributed by atoms with Crippen molar-refractivity contribution < 1.29 is 9.53 Å². The fourth-order valence-corrected chi connectivity index (χ4v) is 2.73. The maximum absolute atomic E-state index is 12.5. The van der Waals surface area contributed by atoms with Crippen LogP contribution < -0.4 is 10.1 Å². The molecule has 0 aliphatic heterocycles. The maximum atomic E-state index is 12.5. The maximum Gasteiger partial charge on any atom is 0.251 e. The van der Waals surface area contributed by atoms with Gasteiger partial charge in [0.2, 0.25) is 0 Å². The van der Waals surface area contributed by atoms with E-state index in [1.165, 1.54) is 19.3 Å². The summed E-state index contributed by atoms with van der Waals surface area (Å²) in [7, 11) is 0. The molecule has 0 atom stereocenters. The predicted molar refractivity (Wildman–Crippen MR) is 155 cm³/mol. The molecule has 0 unspecified atom stereocenters. The number of thioether (sulfide) groups is 1. The first kappa shape index (κ1) is 36.6. The van der Waals surface area contributed by atoms with Crippen molar-refractivity contribution in [1.29, 1.82) is 5.41 Å². The van der Waals surface area contributed by atoms with Crippen molar-refractivity contribution in [3.63, 3.8) is 0 Å². The molecular formula is C29H52N2O2S. The van der Waals surface area contributed by atoms with Gasteiger partial charge in [0.25, 0.3) is 5.91 Å². The van der Waals surface area contributed by atoms with Gasteiger partial charge in [0.15, 0.2) is 0 Å². The first-order valence-corrected chi connectivity index (χ1v) is 14.0. The highest BCUT2D eigenvalue weighted by molar-refractivity contribution is 7.98. The van der Waals surface area contributed by atoms with Crippen LogP contribution in [0.15, 0.2) is 40.8 Å². The van der Waals surface area contributed by atoms with Gasteiger partial charge < -0.3 is 15.5 Å². The van der Waals surface area contributed by atoms with Crippen molar-refractivity contribution >= 4 is 29.1 Å². The Morgan fingerprint density at radius 2 is 1.53 bits per heavy atom. The Hall–Kier alpha value is -2.01. The zero-order valence-corrected chi connectivity index (χ0v) is 24.7. The zero-order chi connectivity index (χ0) is 27.1. The lowest BCUT2D eigenvalue weighted by atomic mass is 10.0. The number of nitrogens with one attached hydrogen (secondary N) is 2. The lowest BCUT2D eigenvalue weighted by molar-refractivity contribution is -0.116. The summed E-state index contributed by atoms with van der Waals surface area (Å²) in [4.78, 5) is 13.6. The minimum atomic E-state index is -0.236. The summed E-state index contributed by atoms with van der Waals surface area (Å²) in [6.45, 7) is 24.7. The van der Waals surface area contributed by atoms with Crippen molar-refractivity contribution in [3.8, 4) is 5.75 Å². The molecular weight excluding hydrogens is 440 g/mol. The van der Waals surface area contributed by atoms with Crippen molar-refractivity contribution in [2.24, 2.45) is 0 Å². The highest BCUT2D eigenvalue weighted by Gasteiger charge is 2.15. The second-order valence-corrected chi connectivity index (χ2v) is 8.29. The van der Waals surface area contributed by atoms with Crippen LogP contribution in [0.1, 0.15) is 107 Å². The van der Waals surface area contributed by atoms with Crippen LogP contribution in [0, 0.1) is 5.41 Å². The van der Waals surface area contributed by atoms with Crippen LogP contribution in [0.3, 0.4) is 0 Å². The second kappa shape index (κ2) is 24.1. The highest BCUT2D eigenvalue weighted by atomic mass is 32.2. The minimum Gasteiger partial charge on any atom is -0.493 e. The fourth-order valence-electron chi connectivity index (χ4n) is 2.29. The Morgan fingerprint density at radius 3 is 1.94 bits per heavy atom. The van der Waals surface area contributed by atoms with Gasteiger partial charge in [-0.2, -0.15) is 0 Å². The molecule has 0 saturated heterocycles. The molecule has 0 aliphatic carbocycles. The Morgan fingerprint density at radius 1 is 1.00 bits per heavy atom. The number of hydrogen-bond donors (Lipinski definition) is 2. The third kappa shape index (κ3) is 15.8. The number of carbonyl (C=O) groups is 1. The van der Waals surface area contributed by atoms with Gasteiger partial charge in [-0.1, -0.05) is 80.7 Å². The summed E-state index contributed by atoms with van der Waals surface area (Å²) in [6, 6.07) is 5.84. The molecule has 0 heterocycles. The van der Waals surface area contributed by atoms with E-state index < -0.39 is 0 Å². The number of ether oxygens (including phenoxy) is 1. The van der Waals surface area contributed by atoms with Crippen LogP contribution in [0.4, 0.5) is 0 Å². The van der Waals surface area contributed by atoms with Gasteiger partial charge in [-0.25, -0.2) is 0 Å². The zero-order valence-electron chi connectivity index (χ0n) is 23.9. The van der Waals surface area contributed by atoms with Crippen LogP contribution in [-0.2, 0) is 4.79 Å². The standard InChI is InChI=1S/C20H28N2O2S.C4H10.C3H8.C2H6/c1-7-9-18(21)13(3)14(4)20(23)22-15(5)17-12-16(25-6)10-11-19(17)24-8-2;1-3-4-2;1-3-2;1-2/h10-12,21H,5,7-9H2,1-4,6H3,(H,22,23);3-4H2,1-2H3;3H2,1-2H3;1-2H3/b14-13+,21-18?;;;. The third-order valence-electron chi connectivity index (χ3n) is 4.43. The molecule has 196 valence electrons. The monoisotopic (exact) mass is 492 g/mol. The number of allylic oxidation sites excluding steroid dienone is 1. The van der Waals surface area contributed by atoms with Crippen molar-refractivity contribution in [3.05, 3.63) is 41.5 Å². The molecule has 5 heteroatoms. The Kier molecular flexibility index (Phi) is 25.9. The molecule has 0 aliphatic rings. The summed E-state index contributed by atoms with van der Waals surface area (Å²) in [5, 5.41) is 10.9. The fraction of sp³-hybridized carbons (Fsp3) is 0.586. The van der Waals surface area contributed by atoms with Gasteiger partial charge in [0.1, 0.15) is 5.75 Å². The van der Waals surface area contributed by atoms with Crippen molar-refractivity contribution in [2.45, 2.75) is 106 Å². The van der Waals surface area contributed by atoms with Crippen LogP contribution in [-0.4, -0.2) is 24.5 Å². The number of carbonyl (C=O) groups excluding carboxylic acids is 1. The van der Waals surface area contributed by atoms with E-state index in [9.17, 15) is 4.79 Å². The smallest absolute Gasteiger partial charge is 0.251 e. The summed E-state index contributed by atoms with van der Waals surface area (Å²) in [5.41, 5.74) is 3.03. The number of hydrogen-bond acceptors (Lipinski definition) is 4. The first-order chi connectivity index (χ1) is 16.2. The number of amides is 1. The topological polar surface area (TPSA) is 62.2 Å². The van der Waals surface area contributed by atoms with Gasteiger partial charge in [-0.15, -0.1) is 11.8 Å². The lowest BCUT2D eigenvalue weighted by Crippen LogP contribution is -2.24. The molecule has 0 bridgehead atoms. The predicted octanol–water partition coefficient (Wildman–Crippen LogP) is 9.30. The third-order valence-corrected chi connectivity index (χ3v) is 5.16. The molecule has 0 radical (unpaired) electrons. The highest BCUT2D eigenvalue weighted by Crippen LogP contribution is 2.29. The molecule has 0 spiro atoms. The van der Waals surface area contributed by atoms with E-state index in [0.717, 1.165) is 22.5 Å². The van der Waals surface area contributed by atoms with E-state index in [4.69, 9.17) is 10.1 Å². The molecule has 1 rings (SSSR count). The molecule has 34 heavy (non-hydrogen) atoms. The Labute approximate surface area is 215 Å². The molecule has 0 saturated carbocycles. The second-order valence-electron chi connectivity index (χ2n) is 7.41. The van der Waals surface area contributed by atoms with E-state index in [1.807, 2.05) is 59.1 Å². The summed E-state index contributed by atoms with van der Waals surface area (Å²) < 4.78 is 5.65. The quantitative estimate of drug-likeness (QED) is 0.194. The van der Waals surface area contributed by atoms with Gasteiger partial charge >= 0.3 is 0 Å². The molecule has 1 amide bonds. The van der Waals surface area contributed by atoms with Crippen molar-refractivity contribution in [2.75, 3.05) is 12.9 Å². The van der Waals surface area contributed by atoms with Crippen LogP contribution in [0.25, 0.3) is 5.70 Å². The molecule has 0 fully saturated rings. The van der Waals surface area contributed by atoms with Crippen molar-refractivity contribution in [1.82, 2.24) is 5.32 Å². The van der Waals surface area contributed by atoms with E-state index in [-0.39, 0.29) is 5.91 Å². The normalized spacial score (nSPS) is 10.1. The van der Waals surface area contributed by atoms with E-state index in [1.54, 1.807) is 18.7 Å². The molecule has 1 aromatic rings. The molecule has 2 N–H and O–H groups in total. The van der Waals surface area contributed by atoms with Gasteiger partial charge in [-0.3, -0.25) is 4.79 Å². The van der Waals surface area contributed by atoms with Gasteiger partial charge in [0, 0.05) is 27.4 Å². The molecule has 4 nitrogen and oxygen atoms in total. The Balaban J connectivity index is -0.000000922. The number of rotatable bonds is 10. The summed E-state index contributed by atoms with van der Waals surface area (Å²) >= 11 is 1.62. The van der Waals surface area contributed by atoms with Gasteiger partial charge in [0.05, 0.1) is 6.61 Å². The van der Waals surface area contributed by atoms with Crippen LogP contribution in [0.2, 0.25) is 0 Å². The van der Waals surface area contributed by atoms with E-state index in [2.05, 4.69) is 39.6 Å². The first-order valence-electron chi connectivity index (χ1n) is 12.7. The van der Waals surface area contributed by atoms with E-state index >= 15 is 0 Å². The van der Waals surface area contributed by atoms with Crippen LogP contribution >= 0.6 is 11.8 Å². The van der Waals surface area contributed by atoms with Crippen LogP contribution in [0.5, 0.6) is 5.75 Å². The van der Waals surface area contributed by atoms with Gasteiger partial charge in [-0.05, 0) is 57.2 Å². The lowest BCUT2D eigenvalue weighted by Gasteiger charge is -2.16. The number of unbranched alkanes of at least 4 members (excludes halogenated alkanes) is 1. The average molecular weight is 493 g/mol. The Bertz CT molecular complexity index is 738. The number of benzene rings is 1. The molecule has 1 aromatic carbocycles. The summed E-state index contributed by atoms with van der Waals surface area (Å²) in [6.07, 6.45) is 7.44. The summed E-state index contributed by atoms with van der Waals surface area (Å²) in [5.74, 6) is 0.461. The minimum absolute atomic E-state index is 0.236. The largest absolute Gasteiger partial charge is 0.493 e. The molecule has 0 aromatic heterocycles. The van der Waals surface area contributed by atoms with E-state index in [0.29, 0.717) is 35.8 Å². The SMILES string of the molecule is C=C(NC(=O)/C(C)=C(\C)C(=N)CCC)c1cc(SC)ccc1OCC.CC.CCC.CCCC. The average Bonchev–Trinajstić information content (AvgIpc) is 2.85.